The summed E-state index contributed by atoms with van der Waals surface area (Å²) in [4.78, 5) is 10.4. The summed E-state index contributed by atoms with van der Waals surface area (Å²) >= 11 is 0. The third-order valence-corrected chi connectivity index (χ3v) is 1.32. The number of ether oxygens (including phenoxy) is 1. The van der Waals surface area contributed by atoms with Crippen molar-refractivity contribution < 1.29 is 45.6 Å². The van der Waals surface area contributed by atoms with Crippen LogP contribution in [-0.4, -0.2) is 18.2 Å². The third-order valence-electron chi connectivity index (χ3n) is 1.32. The van der Waals surface area contributed by atoms with Crippen molar-refractivity contribution in [3.05, 3.63) is 29.8 Å². The summed E-state index contributed by atoms with van der Waals surface area (Å²) in [5, 5.41) is 8.55. The van der Waals surface area contributed by atoms with Crippen molar-refractivity contribution in [1.29, 1.82) is 0 Å². The maximum atomic E-state index is 10.4. The van der Waals surface area contributed by atoms with Crippen LogP contribution in [0, 0.1) is 0 Å². The number of carboxylic acids is 1. The van der Waals surface area contributed by atoms with Gasteiger partial charge < -0.3 is 11.3 Å². The van der Waals surface area contributed by atoms with Crippen LogP contribution in [-0.2, 0) is 0 Å². The van der Waals surface area contributed by atoms with E-state index in [0.717, 1.165) is 0 Å². The predicted molar refractivity (Wildman–Crippen MR) is 41.1 cm³/mol. The van der Waals surface area contributed by atoms with E-state index in [1.54, 1.807) is 12.1 Å². The molecule has 0 heterocycles. The Balaban J connectivity index is 0. The molecule has 0 bridgehead atoms. The van der Waals surface area contributed by atoms with Gasteiger partial charge in [0.2, 0.25) is 0 Å². The number of carboxylic acid groups (broad SMARTS) is 1. The number of benzene rings is 1. The summed E-state index contributed by atoms with van der Waals surface area (Å²) in [6, 6.07) is 6.34. The number of hydrogen-bond donors (Lipinski definition) is 1. The molecule has 0 aliphatic carbocycles. The van der Waals surface area contributed by atoms with Crippen LogP contribution in [0.3, 0.4) is 0 Å². The van der Waals surface area contributed by atoms with E-state index in [4.69, 9.17) is 9.84 Å². The largest absolute Gasteiger partial charge is 1.00 e. The van der Waals surface area contributed by atoms with Crippen LogP contribution in [0.1, 0.15) is 11.8 Å². The van der Waals surface area contributed by atoms with Crippen LogP contribution in [0.4, 0.5) is 0 Å². The van der Waals surface area contributed by atoms with Crippen LogP contribution in [0.25, 0.3) is 0 Å². The smallest absolute Gasteiger partial charge is 1.00 e. The molecule has 0 saturated carbocycles. The summed E-state index contributed by atoms with van der Waals surface area (Å²) in [5.74, 6) is -0.381. The molecule has 1 N–H and O–H groups in total. The molecule has 60 valence electrons. The van der Waals surface area contributed by atoms with Crippen molar-refractivity contribution in [1.82, 2.24) is 0 Å². The summed E-state index contributed by atoms with van der Waals surface area (Å²) < 4.78 is 4.84. The van der Waals surface area contributed by atoms with E-state index in [2.05, 4.69) is 0 Å². The summed E-state index contributed by atoms with van der Waals surface area (Å²) in [6.45, 7) is 0. The third kappa shape index (κ3) is 2.85. The standard InChI is InChI=1S/C8H8O3.Na.H/c1-11-7-4-2-3-6(5-7)8(9)10;;/h2-5H,1H3,(H,9,10);;/q;+1;-1. The maximum absolute atomic E-state index is 10.4. The van der Waals surface area contributed by atoms with Crippen molar-refractivity contribution in [2.45, 2.75) is 0 Å². The first-order chi connectivity index (χ1) is 5.24. The molecule has 0 aliphatic heterocycles. The SMILES string of the molecule is COc1cccc(C(=O)O)c1.[H-].[Na+]. The fourth-order valence-electron chi connectivity index (χ4n) is 0.756. The average Bonchev–Trinajstić information content (AvgIpc) is 2.05. The Bertz CT molecular complexity index is 278. The zero-order chi connectivity index (χ0) is 8.27. The molecular weight excluding hydrogens is 167 g/mol. The van der Waals surface area contributed by atoms with E-state index in [1.165, 1.54) is 19.2 Å². The summed E-state index contributed by atoms with van der Waals surface area (Å²) in [5.41, 5.74) is 0.240. The van der Waals surface area contributed by atoms with Gasteiger partial charge in [0.15, 0.2) is 0 Å². The van der Waals surface area contributed by atoms with E-state index >= 15 is 0 Å². The van der Waals surface area contributed by atoms with Crippen molar-refractivity contribution >= 4 is 5.97 Å². The van der Waals surface area contributed by atoms with Gasteiger partial charge in [-0.05, 0) is 18.2 Å². The first-order valence-corrected chi connectivity index (χ1v) is 3.11. The zero-order valence-corrected chi connectivity index (χ0v) is 9.07. The maximum Gasteiger partial charge on any atom is 1.00 e. The van der Waals surface area contributed by atoms with Gasteiger partial charge in [-0.25, -0.2) is 4.79 Å². The average molecular weight is 176 g/mol. The first kappa shape index (κ1) is 11.5. The molecular formula is C8H9NaO3. The summed E-state index contributed by atoms with van der Waals surface area (Å²) in [6.07, 6.45) is 0. The number of rotatable bonds is 2. The van der Waals surface area contributed by atoms with Crippen LogP contribution >= 0.6 is 0 Å². The van der Waals surface area contributed by atoms with Gasteiger partial charge in [0.1, 0.15) is 5.75 Å². The van der Waals surface area contributed by atoms with Gasteiger partial charge in [0.05, 0.1) is 12.7 Å². The minimum absolute atomic E-state index is 0. The van der Waals surface area contributed by atoms with E-state index in [-0.39, 0.29) is 36.5 Å². The molecule has 0 aliphatic rings. The molecule has 0 fully saturated rings. The van der Waals surface area contributed by atoms with Gasteiger partial charge in [-0.3, -0.25) is 0 Å². The van der Waals surface area contributed by atoms with Crippen molar-refractivity contribution in [2.24, 2.45) is 0 Å². The Kier molecular flexibility index (Phi) is 4.97. The van der Waals surface area contributed by atoms with E-state index < -0.39 is 5.97 Å². The number of carbonyl (C=O) groups is 1. The van der Waals surface area contributed by atoms with Crippen molar-refractivity contribution in [3.63, 3.8) is 0 Å². The Hall–Kier alpha value is -0.510. The Morgan fingerprint density at radius 1 is 1.58 bits per heavy atom. The molecule has 0 saturated heterocycles. The molecule has 1 rings (SSSR count). The van der Waals surface area contributed by atoms with Gasteiger partial charge >= 0.3 is 35.5 Å². The minimum atomic E-state index is -0.941. The molecule has 3 nitrogen and oxygen atoms in total. The van der Waals surface area contributed by atoms with E-state index in [9.17, 15) is 4.79 Å². The number of methoxy groups -OCH3 is 1. The fourth-order valence-corrected chi connectivity index (χ4v) is 0.756. The topological polar surface area (TPSA) is 46.5 Å². The molecule has 0 atom stereocenters. The molecule has 4 heteroatoms. The van der Waals surface area contributed by atoms with Crippen LogP contribution in [0.5, 0.6) is 5.75 Å². The normalized spacial score (nSPS) is 8.42. The molecule has 1 aromatic carbocycles. The quantitative estimate of drug-likeness (QED) is 0.558. The second kappa shape index (κ2) is 5.19. The van der Waals surface area contributed by atoms with Gasteiger partial charge in [-0.2, -0.15) is 0 Å². The monoisotopic (exact) mass is 176 g/mol. The first-order valence-electron chi connectivity index (χ1n) is 3.11. The predicted octanol–water partition coefficient (Wildman–Crippen LogP) is -1.49. The number of aromatic carboxylic acids is 1. The Morgan fingerprint density at radius 2 is 2.25 bits per heavy atom. The molecule has 1 aromatic rings. The van der Waals surface area contributed by atoms with Crippen LogP contribution < -0.4 is 34.3 Å². The van der Waals surface area contributed by atoms with Gasteiger partial charge in [-0.15, -0.1) is 0 Å². The van der Waals surface area contributed by atoms with Crippen molar-refractivity contribution in [2.75, 3.05) is 7.11 Å². The molecule has 0 radical (unpaired) electrons. The Labute approximate surface area is 94.1 Å². The van der Waals surface area contributed by atoms with E-state index in [0.29, 0.717) is 5.75 Å². The van der Waals surface area contributed by atoms with Gasteiger partial charge in [0.25, 0.3) is 0 Å². The van der Waals surface area contributed by atoms with Crippen LogP contribution in [0.15, 0.2) is 24.3 Å². The second-order valence-electron chi connectivity index (χ2n) is 2.04. The Morgan fingerprint density at radius 3 is 2.75 bits per heavy atom. The minimum Gasteiger partial charge on any atom is -1.00 e. The molecule has 12 heavy (non-hydrogen) atoms. The molecule has 0 amide bonds. The van der Waals surface area contributed by atoms with Gasteiger partial charge in [0, 0.05) is 0 Å². The second-order valence-corrected chi connectivity index (χ2v) is 2.04. The van der Waals surface area contributed by atoms with Crippen LogP contribution in [0.2, 0.25) is 0 Å². The molecule has 0 unspecified atom stereocenters. The fraction of sp³-hybridized carbons (Fsp3) is 0.125. The molecule has 0 spiro atoms. The number of hydrogen-bond acceptors (Lipinski definition) is 2. The van der Waals surface area contributed by atoms with Crippen molar-refractivity contribution in [3.8, 4) is 5.75 Å². The molecule has 0 aromatic heterocycles. The van der Waals surface area contributed by atoms with E-state index in [1.807, 2.05) is 0 Å². The van der Waals surface area contributed by atoms with Gasteiger partial charge in [-0.1, -0.05) is 6.07 Å². The summed E-state index contributed by atoms with van der Waals surface area (Å²) in [7, 11) is 1.50. The zero-order valence-electron chi connectivity index (χ0n) is 8.07.